The number of carbonyl (C=O) groups excluding carboxylic acids is 2. The Kier molecular flexibility index (Phi) is 27.8. The SMILES string of the molecule is CC(=O)N[C@@H]1[C@@H](O[C@@H]2O[C@H](CO)[C@H](O)[C@H](O[C@]3(C(=O)O)C[C@H](O[C@@H]4O[C@@H](C)[C@@H](O)[C@@H](O)[C@@H]4O)[C@@H](O[C@@H]4O[C@@H](C)[C@@H](O)[C@H](O)[C@@H]4O)[C@H]([C@H](O)[C@H](O)CO)O3)[C@H]2O)[C@@H](O)[C@@H](CO[C@@H]2O[C@H](CO)[C@@H](O[C@@H]3O[C@H](CO)[C@H](O)[C@H](O)[C@H]3O)[C@H](O[C@@H]3O[C@@H](C)[C@@H](O)[C@@H](O)[C@@H]3O)[C@H]2NC(C)=O)O[C@H]1O. The van der Waals surface area contributed by atoms with Crippen LogP contribution in [0.15, 0.2) is 0 Å². The number of hydrogen-bond donors (Lipinski definition) is 25. The molecule has 25 N–H and O–H groups in total. The maximum absolute atomic E-state index is 13.9. The highest BCUT2D eigenvalue weighted by atomic mass is 16.8. The molecule has 8 aliphatic rings. The average molecular weight is 1440 g/mol. The molecule has 0 aromatic carbocycles. The Morgan fingerprint density at radius 1 is 0.439 bits per heavy atom. The minimum atomic E-state index is -3.51. The molecular formula is C55H92N2O41. The van der Waals surface area contributed by atoms with Crippen molar-refractivity contribution in [2.45, 2.75) is 292 Å². The number of amides is 2. The molecule has 0 bridgehead atoms. The van der Waals surface area contributed by atoms with E-state index in [-0.39, 0.29) is 0 Å². The number of ether oxygens (including phenoxy) is 15. The Morgan fingerprint density at radius 3 is 1.33 bits per heavy atom. The summed E-state index contributed by atoms with van der Waals surface area (Å²) in [4.78, 5) is 39.8. The van der Waals surface area contributed by atoms with Crippen molar-refractivity contribution in [1.82, 2.24) is 10.6 Å². The lowest BCUT2D eigenvalue weighted by Crippen LogP contribution is -2.71. The maximum atomic E-state index is 13.9. The van der Waals surface area contributed by atoms with Crippen LogP contribution in [-0.2, 0) is 85.4 Å². The summed E-state index contributed by atoms with van der Waals surface area (Å²) in [5.41, 5.74) is 0. The number of aliphatic carboxylic acids is 1. The van der Waals surface area contributed by atoms with E-state index in [1.165, 1.54) is 20.8 Å². The molecule has 8 aliphatic heterocycles. The molecule has 43 nitrogen and oxygen atoms in total. The summed E-state index contributed by atoms with van der Waals surface area (Å²) >= 11 is 0. The molecule has 0 saturated carbocycles. The van der Waals surface area contributed by atoms with Gasteiger partial charge in [-0.25, -0.2) is 4.79 Å². The van der Waals surface area contributed by atoms with Crippen molar-refractivity contribution in [1.29, 1.82) is 0 Å². The van der Waals surface area contributed by atoms with E-state index in [2.05, 4.69) is 10.6 Å². The van der Waals surface area contributed by atoms with Crippen molar-refractivity contribution in [2.75, 3.05) is 33.0 Å². The molecule has 8 fully saturated rings. The zero-order valence-electron chi connectivity index (χ0n) is 53.0. The highest BCUT2D eigenvalue weighted by Crippen LogP contribution is 2.43. The van der Waals surface area contributed by atoms with Gasteiger partial charge in [-0.2, -0.15) is 0 Å². The summed E-state index contributed by atoms with van der Waals surface area (Å²) < 4.78 is 88.2. The fraction of sp³-hybridized carbons (Fsp3) is 0.945. The van der Waals surface area contributed by atoms with Gasteiger partial charge in [-0.15, -0.1) is 0 Å². The Bertz CT molecular complexity index is 2560. The number of aliphatic hydroxyl groups is 22. The molecule has 2 amide bonds. The topological polar surface area (TPSA) is 679 Å². The maximum Gasteiger partial charge on any atom is 0.364 e. The highest BCUT2D eigenvalue weighted by Gasteiger charge is 2.64. The van der Waals surface area contributed by atoms with E-state index in [9.17, 15) is 132 Å². The molecule has 0 aromatic rings. The molecule has 0 aromatic heterocycles. The molecule has 8 saturated heterocycles. The number of nitrogens with one attached hydrogen (secondary N) is 2. The van der Waals surface area contributed by atoms with Crippen molar-refractivity contribution < 1.29 is 203 Å². The second kappa shape index (κ2) is 33.8. The summed E-state index contributed by atoms with van der Waals surface area (Å²) in [5.74, 6) is -7.60. The molecule has 0 spiro atoms. The van der Waals surface area contributed by atoms with Gasteiger partial charge in [0, 0.05) is 20.3 Å². The van der Waals surface area contributed by atoms with E-state index in [0.717, 1.165) is 13.8 Å². The van der Waals surface area contributed by atoms with Crippen LogP contribution in [0.5, 0.6) is 0 Å². The molecule has 0 radical (unpaired) electrons. The predicted molar refractivity (Wildman–Crippen MR) is 301 cm³/mol. The van der Waals surface area contributed by atoms with Gasteiger partial charge in [-0.3, -0.25) is 9.59 Å². The van der Waals surface area contributed by atoms with Gasteiger partial charge in [0.15, 0.2) is 44.0 Å². The van der Waals surface area contributed by atoms with E-state index < -0.39 is 308 Å². The number of carboxylic acids is 1. The Balaban J connectivity index is 1.10. The fourth-order valence-corrected chi connectivity index (χ4v) is 12.7. The lowest BCUT2D eigenvalue weighted by Gasteiger charge is -2.52. The van der Waals surface area contributed by atoms with Crippen LogP contribution in [0, 0.1) is 0 Å². The summed E-state index contributed by atoms with van der Waals surface area (Å²) in [6.07, 6.45) is -78.7. The van der Waals surface area contributed by atoms with Gasteiger partial charge in [0.1, 0.15) is 177 Å². The minimum absolute atomic E-state index is 0.900. The third kappa shape index (κ3) is 17.0. The molecule has 98 heavy (non-hydrogen) atoms. The number of rotatable bonds is 24. The van der Waals surface area contributed by atoms with Crippen LogP contribution < -0.4 is 10.6 Å². The average Bonchev–Trinajstić information content (AvgIpc) is 0.752. The van der Waals surface area contributed by atoms with Gasteiger partial charge >= 0.3 is 5.97 Å². The van der Waals surface area contributed by atoms with Crippen LogP contribution in [0.1, 0.15) is 41.0 Å². The molecular weight excluding hydrogens is 1340 g/mol. The third-order valence-corrected chi connectivity index (χ3v) is 18.3. The van der Waals surface area contributed by atoms with E-state index in [4.69, 9.17) is 71.1 Å². The normalized spacial score (nSPS) is 50.2. The minimum Gasteiger partial charge on any atom is -0.477 e. The quantitative estimate of drug-likeness (QED) is 0.0427. The first kappa shape index (κ1) is 80.6. The summed E-state index contributed by atoms with van der Waals surface area (Å²) in [6, 6.07) is -3.73. The molecule has 8 heterocycles. The van der Waals surface area contributed by atoms with E-state index >= 15 is 0 Å². The molecule has 0 unspecified atom stereocenters. The first-order valence-corrected chi connectivity index (χ1v) is 31.3. The van der Waals surface area contributed by atoms with E-state index in [0.29, 0.717) is 0 Å². The number of carboxylic acid groups (broad SMARTS) is 1. The van der Waals surface area contributed by atoms with Gasteiger partial charge in [0.2, 0.25) is 11.8 Å². The zero-order chi connectivity index (χ0) is 72.6. The van der Waals surface area contributed by atoms with Crippen molar-refractivity contribution in [2.24, 2.45) is 0 Å². The first-order valence-electron chi connectivity index (χ1n) is 31.3. The Hall–Kier alpha value is -3.07. The Labute approximate surface area is 555 Å². The van der Waals surface area contributed by atoms with Crippen molar-refractivity contribution in [3.8, 4) is 0 Å². The Morgan fingerprint density at radius 2 is 0.847 bits per heavy atom. The van der Waals surface area contributed by atoms with Gasteiger partial charge in [0.25, 0.3) is 5.79 Å². The molecule has 568 valence electrons. The number of carbonyl (C=O) groups is 3. The summed E-state index contributed by atoms with van der Waals surface area (Å²) in [7, 11) is 0. The van der Waals surface area contributed by atoms with Crippen LogP contribution in [0.4, 0.5) is 0 Å². The van der Waals surface area contributed by atoms with Crippen LogP contribution in [0.2, 0.25) is 0 Å². The smallest absolute Gasteiger partial charge is 0.364 e. The second-order valence-corrected chi connectivity index (χ2v) is 25.3. The van der Waals surface area contributed by atoms with Crippen LogP contribution >= 0.6 is 0 Å². The number of hydrogen-bond acceptors (Lipinski definition) is 40. The summed E-state index contributed by atoms with van der Waals surface area (Å²) in [6.45, 7) is -0.00582. The van der Waals surface area contributed by atoms with Gasteiger partial charge in [-0.1, -0.05) is 0 Å². The monoisotopic (exact) mass is 1440 g/mol. The lowest BCUT2D eigenvalue weighted by atomic mass is 9.89. The number of aliphatic hydroxyl groups excluding tert-OH is 22. The molecule has 8 rings (SSSR count). The second-order valence-electron chi connectivity index (χ2n) is 25.3. The third-order valence-electron chi connectivity index (χ3n) is 18.3. The van der Waals surface area contributed by atoms with Crippen molar-refractivity contribution >= 4 is 17.8 Å². The molecule has 0 aliphatic carbocycles. The van der Waals surface area contributed by atoms with Crippen LogP contribution in [0.3, 0.4) is 0 Å². The zero-order valence-corrected chi connectivity index (χ0v) is 53.0. The van der Waals surface area contributed by atoms with Gasteiger partial charge < -0.3 is 199 Å². The first-order chi connectivity index (χ1) is 46.0. The largest absolute Gasteiger partial charge is 0.477 e. The molecule has 43 heteroatoms. The van der Waals surface area contributed by atoms with Crippen molar-refractivity contribution in [3.05, 3.63) is 0 Å². The van der Waals surface area contributed by atoms with E-state index in [1.54, 1.807) is 0 Å². The highest BCUT2D eigenvalue weighted by molar-refractivity contribution is 5.76. The van der Waals surface area contributed by atoms with Crippen LogP contribution in [0.25, 0.3) is 0 Å². The van der Waals surface area contributed by atoms with Gasteiger partial charge in [-0.05, 0) is 20.8 Å². The van der Waals surface area contributed by atoms with Gasteiger partial charge in [0.05, 0.1) is 57.5 Å². The van der Waals surface area contributed by atoms with Crippen molar-refractivity contribution in [3.63, 3.8) is 0 Å². The van der Waals surface area contributed by atoms with Crippen LogP contribution in [-0.4, -0.2) is 419 Å². The molecule has 41 atom stereocenters. The summed E-state index contributed by atoms with van der Waals surface area (Å²) in [5, 5.41) is 257. The standard InChI is InChI=1S/C55H92N2O41/c1-12-25(65)32(72)36(76)49(85-12)89-18-6-55(54(82)83,98-46(28(68)17(64)7-58)41(18)93-50-37(77)33(73)26(66)13(2)86-50)97-45-30(70)20(9-60)91-53(40(45)80)95-43-23(56-15(4)62)47(81)88-22(31(43)71)11-84-48-24(57-16(5)63)44(96-51-38(78)34(74)27(67)14(3)87-51)42(21(10-61)92-48)94-52-39(79)35(75)29(69)19(8-59)90-52/h12-14,17-53,58-61,64-81H,6-11H2,1-5H3,(H,56,62)(H,57,63)(H,82,83)/t12-,13-,14-,17+,18-,19+,20+,21+,22+,23+,24+,25+,26+,27+,28+,29-,30-,31-,32+,33-,34+,35-,36-,37-,38-,39+,40+,41+,42+,43+,44+,45-,46-,47+,48+,49-,50-,51-,52-,53-,55+/m0/s1. The lowest BCUT2D eigenvalue weighted by molar-refractivity contribution is -0.408. The fourth-order valence-electron chi connectivity index (χ4n) is 12.7. The van der Waals surface area contributed by atoms with E-state index in [1.807, 2.05) is 0 Å². The predicted octanol–water partition coefficient (Wildman–Crippen LogP) is -15.9.